The van der Waals surface area contributed by atoms with E-state index in [1.807, 2.05) is 14.1 Å². The van der Waals surface area contributed by atoms with E-state index in [1.165, 1.54) is 13.0 Å². The van der Waals surface area contributed by atoms with E-state index in [2.05, 4.69) is 5.32 Å². The molecule has 0 fully saturated rings. The van der Waals surface area contributed by atoms with Gasteiger partial charge in [-0.25, -0.2) is 0 Å². The van der Waals surface area contributed by atoms with E-state index in [-0.39, 0.29) is 11.7 Å². The van der Waals surface area contributed by atoms with Gasteiger partial charge in [0.1, 0.15) is 0 Å². The topological polar surface area (TPSA) is 49.4 Å². The molecule has 0 heterocycles. The van der Waals surface area contributed by atoms with Gasteiger partial charge >= 0.3 is 0 Å². The van der Waals surface area contributed by atoms with Gasteiger partial charge in [-0.15, -0.1) is 0 Å². The number of amides is 1. The lowest BCUT2D eigenvalue weighted by Gasteiger charge is -2.07. The Kier molecular flexibility index (Phi) is 4.46. The van der Waals surface area contributed by atoms with Gasteiger partial charge in [-0.2, -0.15) is 0 Å². The van der Waals surface area contributed by atoms with E-state index in [4.69, 9.17) is 0 Å². The highest BCUT2D eigenvalue weighted by Gasteiger charge is 2.08. The zero-order valence-electron chi connectivity index (χ0n) is 10.2. The fourth-order valence-corrected chi connectivity index (χ4v) is 1.30. The van der Waals surface area contributed by atoms with Gasteiger partial charge in [-0.05, 0) is 12.1 Å². The summed E-state index contributed by atoms with van der Waals surface area (Å²) in [5, 5.41) is 2.63. The Labute approximate surface area is 101 Å². The minimum absolute atomic E-state index is 0.136. The molecule has 90 valence electrons. The van der Waals surface area contributed by atoms with Crippen molar-refractivity contribution in [2.24, 2.45) is 0 Å². The average Bonchev–Trinajstić information content (AvgIpc) is 2.25. The second kappa shape index (κ2) is 5.84. The number of carbonyl (C=O) groups is 2. The summed E-state index contributed by atoms with van der Waals surface area (Å²) in [6.07, 6.45) is 3.15. The molecule has 4 nitrogen and oxygen atoms in total. The first-order valence-corrected chi connectivity index (χ1v) is 5.26. The second-order valence-electron chi connectivity index (χ2n) is 3.87. The van der Waals surface area contributed by atoms with Gasteiger partial charge in [0.25, 0.3) is 0 Å². The number of ketones is 1. The lowest BCUT2D eigenvalue weighted by molar-refractivity contribution is -0.114. The standard InChI is InChI=1S/C13H16N2O2/c1-10(16)14-12-7-5-4-6-11(12)13(17)8-9-15(2)3/h4-9H,1-3H3,(H,14,16)/b9-8+. The molecule has 1 rings (SSSR count). The van der Waals surface area contributed by atoms with E-state index in [0.717, 1.165) is 0 Å². The van der Waals surface area contributed by atoms with Gasteiger partial charge < -0.3 is 10.2 Å². The van der Waals surface area contributed by atoms with Crippen molar-refractivity contribution >= 4 is 17.4 Å². The first-order chi connectivity index (χ1) is 8.00. The molecule has 1 aromatic rings. The molecule has 0 unspecified atom stereocenters. The summed E-state index contributed by atoms with van der Waals surface area (Å²) in [5.41, 5.74) is 1.02. The van der Waals surface area contributed by atoms with Crippen molar-refractivity contribution in [2.45, 2.75) is 6.92 Å². The molecular weight excluding hydrogens is 216 g/mol. The van der Waals surface area contributed by atoms with Gasteiger partial charge in [0.15, 0.2) is 5.78 Å². The van der Waals surface area contributed by atoms with Crippen molar-refractivity contribution in [3.8, 4) is 0 Å². The van der Waals surface area contributed by atoms with Crippen LogP contribution in [0.1, 0.15) is 17.3 Å². The number of hydrogen-bond acceptors (Lipinski definition) is 3. The molecule has 1 amide bonds. The first kappa shape index (κ1) is 13.0. The number of para-hydroxylation sites is 1. The Balaban J connectivity index is 2.96. The van der Waals surface area contributed by atoms with E-state index in [0.29, 0.717) is 11.3 Å². The predicted octanol–water partition coefficient (Wildman–Crippen LogP) is 1.90. The van der Waals surface area contributed by atoms with Crippen molar-refractivity contribution in [3.05, 3.63) is 42.1 Å². The van der Waals surface area contributed by atoms with Crippen LogP contribution in [0.3, 0.4) is 0 Å². The minimum Gasteiger partial charge on any atom is -0.383 e. The van der Waals surface area contributed by atoms with Crippen LogP contribution in [0.2, 0.25) is 0 Å². The summed E-state index contributed by atoms with van der Waals surface area (Å²) in [5.74, 6) is -0.329. The van der Waals surface area contributed by atoms with Crippen LogP contribution in [0, 0.1) is 0 Å². The fourth-order valence-electron chi connectivity index (χ4n) is 1.30. The number of rotatable bonds is 4. The monoisotopic (exact) mass is 232 g/mol. The van der Waals surface area contributed by atoms with Crippen LogP contribution in [-0.4, -0.2) is 30.7 Å². The third-order valence-corrected chi connectivity index (χ3v) is 2.03. The highest BCUT2D eigenvalue weighted by molar-refractivity contribution is 6.10. The largest absolute Gasteiger partial charge is 0.383 e. The zero-order valence-corrected chi connectivity index (χ0v) is 10.2. The fraction of sp³-hybridized carbons (Fsp3) is 0.231. The number of allylic oxidation sites excluding steroid dienone is 1. The number of benzene rings is 1. The summed E-state index contributed by atoms with van der Waals surface area (Å²) >= 11 is 0. The summed E-state index contributed by atoms with van der Waals surface area (Å²) < 4.78 is 0. The van der Waals surface area contributed by atoms with Crippen LogP contribution < -0.4 is 5.32 Å². The first-order valence-electron chi connectivity index (χ1n) is 5.26. The summed E-state index contributed by atoms with van der Waals surface area (Å²) in [6, 6.07) is 6.94. The smallest absolute Gasteiger partial charge is 0.221 e. The van der Waals surface area contributed by atoms with Gasteiger partial charge in [0, 0.05) is 38.9 Å². The lowest BCUT2D eigenvalue weighted by atomic mass is 10.1. The molecule has 4 heteroatoms. The van der Waals surface area contributed by atoms with Crippen molar-refractivity contribution in [1.29, 1.82) is 0 Å². The Morgan fingerprint density at radius 3 is 2.47 bits per heavy atom. The number of nitrogens with one attached hydrogen (secondary N) is 1. The molecule has 1 N–H and O–H groups in total. The van der Waals surface area contributed by atoms with E-state index in [9.17, 15) is 9.59 Å². The van der Waals surface area contributed by atoms with Crippen LogP contribution in [0.25, 0.3) is 0 Å². The highest BCUT2D eigenvalue weighted by Crippen LogP contribution is 2.16. The van der Waals surface area contributed by atoms with E-state index in [1.54, 1.807) is 35.4 Å². The van der Waals surface area contributed by atoms with Crippen LogP contribution in [-0.2, 0) is 4.79 Å². The second-order valence-corrected chi connectivity index (χ2v) is 3.87. The molecule has 0 atom stereocenters. The van der Waals surface area contributed by atoms with Crippen molar-refractivity contribution < 1.29 is 9.59 Å². The third-order valence-electron chi connectivity index (χ3n) is 2.03. The van der Waals surface area contributed by atoms with Crippen molar-refractivity contribution in [3.63, 3.8) is 0 Å². The molecule has 0 spiro atoms. The maximum absolute atomic E-state index is 11.9. The maximum atomic E-state index is 11.9. The highest BCUT2D eigenvalue weighted by atomic mass is 16.1. The predicted molar refractivity (Wildman–Crippen MR) is 67.9 cm³/mol. The molecule has 0 saturated heterocycles. The molecule has 17 heavy (non-hydrogen) atoms. The van der Waals surface area contributed by atoms with Crippen molar-refractivity contribution in [1.82, 2.24) is 4.90 Å². The molecule has 1 aromatic carbocycles. The molecule has 0 aromatic heterocycles. The number of nitrogens with zero attached hydrogens (tertiary/aromatic N) is 1. The summed E-state index contributed by atoms with van der Waals surface area (Å²) in [6.45, 7) is 1.41. The SMILES string of the molecule is CC(=O)Nc1ccccc1C(=O)/C=C/N(C)C. The molecule has 0 aliphatic heterocycles. The normalized spacial score (nSPS) is 10.3. The molecule has 0 bridgehead atoms. The Morgan fingerprint density at radius 1 is 1.24 bits per heavy atom. The molecule has 0 saturated carbocycles. The third kappa shape index (κ3) is 4.10. The van der Waals surface area contributed by atoms with Crippen LogP contribution in [0.5, 0.6) is 0 Å². The maximum Gasteiger partial charge on any atom is 0.221 e. The van der Waals surface area contributed by atoms with Gasteiger partial charge in [-0.3, -0.25) is 9.59 Å². The Morgan fingerprint density at radius 2 is 1.88 bits per heavy atom. The molecular formula is C13H16N2O2. The van der Waals surface area contributed by atoms with Crippen LogP contribution in [0.4, 0.5) is 5.69 Å². The average molecular weight is 232 g/mol. The summed E-state index contributed by atoms with van der Waals surface area (Å²) in [7, 11) is 3.67. The van der Waals surface area contributed by atoms with Crippen LogP contribution >= 0.6 is 0 Å². The van der Waals surface area contributed by atoms with Gasteiger partial charge in [-0.1, -0.05) is 12.1 Å². The molecule has 0 radical (unpaired) electrons. The number of hydrogen-bond donors (Lipinski definition) is 1. The lowest BCUT2D eigenvalue weighted by Crippen LogP contribution is -2.10. The quantitative estimate of drug-likeness (QED) is 0.637. The van der Waals surface area contributed by atoms with E-state index < -0.39 is 0 Å². The molecule has 0 aliphatic carbocycles. The number of carbonyl (C=O) groups excluding carboxylic acids is 2. The van der Waals surface area contributed by atoms with Gasteiger partial charge in [0.2, 0.25) is 5.91 Å². The molecule has 0 aliphatic rings. The van der Waals surface area contributed by atoms with E-state index >= 15 is 0 Å². The minimum atomic E-state index is -0.193. The van der Waals surface area contributed by atoms with Crippen LogP contribution in [0.15, 0.2) is 36.5 Å². The summed E-state index contributed by atoms with van der Waals surface area (Å²) in [4.78, 5) is 24.7. The zero-order chi connectivity index (χ0) is 12.8. The Hall–Kier alpha value is -2.10. The van der Waals surface area contributed by atoms with Crippen molar-refractivity contribution in [2.75, 3.05) is 19.4 Å². The van der Waals surface area contributed by atoms with Gasteiger partial charge in [0.05, 0.1) is 5.69 Å². The number of anilines is 1. The Bertz CT molecular complexity index is 450.